The van der Waals surface area contributed by atoms with E-state index in [2.05, 4.69) is 6.58 Å². The molecular weight excluding hydrogens is 288 g/mol. The highest BCUT2D eigenvalue weighted by Gasteiger charge is 2.16. The minimum atomic E-state index is -3.90. The van der Waals surface area contributed by atoms with Gasteiger partial charge in [0.2, 0.25) is 10.0 Å². The van der Waals surface area contributed by atoms with Gasteiger partial charge in [-0.15, -0.1) is 0 Å². The Kier molecular flexibility index (Phi) is 4.73. The second-order valence-corrected chi connectivity index (χ2v) is 6.34. The van der Waals surface area contributed by atoms with Crippen LogP contribution in [-0.2, 0) is 10.0 Å². The topological polar surface area (TPSA) is 80.5 Å². The molecule has 0 saturated heterocycles. The van der Waals surface area contributed by atoms with Crippen LogP contribution in [0, 0.1) is 0 Å². The van der Waals surface area contributed by atoms with Crippen molar-refractivity contribution >= 4 is 27.5 Å². The highest BCUT2D eigenvalue weighted by Crippen LogP contribution is 2.19. The number of primary sulfonamides is 1. The zero-order valence-electron chi connectivity index (χ0n) is 10.7. The molecule has 0 aromatic heterocycles. The van der Waals surface area contributed by atoms with Gasteiger partial charge in [0.15, 0.2) is 0 Å². The standard InChI is InChI=1S/C12H15ClN2O3S/c1-8(2)7-15(3)12(16)9-4-10(13)6-11(5-9)19(14,17)18/h4-6H,1,7H2,2-3H3,(H2,14,17,18). The van der Waals surface area contributed by atoms with E-state index in [9.17, 15) is 13.2 Å². The van der Waals surface area contributed by atoms with Gasteiger partial charge in [-0.3, -0.25) is 4.79 Å². The molecule has 1 aromatic carbocycles. The largest absolute Gasteiger partial charge is 0.338 e. The molecule has 1 aromatic rings. The van der Waals surface area contributed by atoms with E-state index in [1.807, 2.05) is 0 Å². The van der Waals surface area contributed by atoms with Crippen LogP contribution in [0.5, 0.6) is 0 Å². The third kappa shape index (κ3) is 4.34. The first-order valence-electron chi connectivity index (χ1n) is 5.34. The number of nitrogens with zero attached hydrogens (tertiary/aromatic N) is 1. The van der Waals surface area contributed by atoms with Gasteiger partial charge in [-0.25, -0.2) is 13.6 Å². The number of likely N-dealkylation sites (N-methyl/N-ethyl adjacent to an activating group) is 1. The maximum Gasteiger partial charge on any atom is 0.253 e. The first kappa shape index (κ1) is 15.7. The molecule has 0 fully saturated rings. The molecular formula is C12H15ClN2O3S. The summed E-state index contributed by atoms with van der Waals surface area (Å²) in [5.41, 5.74) is 0.977. The summed E-state index contributed by atoms with van der Waals surface area (Å²) in [6.45, 7) is 5.87. The number of carbonyl (C=O) groups excluding carboxylic acids is 1. The van der Waals surface area contributed by atoms with Crippen LogP contribution in [0.15, 0.2) is 35.2 Å². The second kappa shape index (κ2) is 5.73. The smallest absolute Gasteiger partial charge is 0.253 e. The number of amides is 1. The van der Waals surface area contributed by atoms with E-state index in [0.717, 1.165) is 5.57 Å². The van der Waals surface area contributed by atoms with Crippen LogP contribution in [0.3, 0.4) is 0 Å². The summed E-state index contributed by atoms with van der Waals surface area (Å²) in [6, 6.07) is 3.80. The van der Waals surface area contributed by atoms with Gasteiger partial charge in [-0.2, -0.15) is 0 Å². The fourth-order valence-electron chi connectivity index (χ4n) is 1.55. The molecule has 7 heteroatoms. The molecule has 0 spiro atoms. The van der Waals surface area contributed by atoms with Crippen molar-refractivity contribution in [3.05, 3.63) is 40.9 Å². The SMILES string of the molecule is C=C(C)CN(C)C(=O)c1cc(Cl)cc(S(N)(=O)=O)c1. The fraction of sp³-hybridized carbons (Fsp3) is 0.250. The molecule has 5 nitrogen and oxygen atoms in total. The Balaban J connectivity index is 3.18. The van der Waals surface area contributed by atoms with Crippen LogP contribution >= 0.6 is 11.6 Å². The Bertz CT molecular complexity index is 626. The molecule has 2 N–H and O–H groups in total. The predicted octanol–water partition coefficient (Wildman–Crippen LogP) is 1.64. The van der Waals surface area contributed by atoms with E-state index in [1.165, 1.54) is 23.1 Å². The molecule has 1 rings (SSSR count). The fourth-order valence-corrected chi connectivity index (χ4v) is 2.43. The van der Waals surface area contributed by atoms with Gasteiger partial charge in [0.1, 0.15) is 0 Å². The van der Waals surface area contributed by atoms with Crippen LogP contribution in [0.25, 0.3) is 0 Å². The van der Waals surface area contributed by atoms with Crippen LogP contribution in [0.1, 0.15) is 17.3 Å². The molecule has 0 aliphatic carbocycles. The van der Waals surface area contributed by atoms with Gasteiger partial charge >= 0.3 is 0 Å². The monoisotopic (exact) mass is 302 g/mol. The van der Waals surface area contributed by atoms with Gasteiger partial charge in [-0.05, 0) is 25.1 Å². The first-order chi connectivity index (χ1) is 8.61. The van der Waals surface area contributed by atoms with Crippen LogP contribution in [-0.4, -0.2) is 32.8 Å². The molecule has 1 amide bonds. The molecule has 0 unspecified atom stereocenters. The highest BCUT2D eigenvalue weighted by atomic mass is 35.5. The zero-order chi connectivity index (χ0) is 14.8. The number of benzene rings is 1. The lowest BCUT2D eigenvalue weighted by atomic mass is 10.2. The van der Waals surface area contributed by atoms with E-state index in [-0.39, 0.29) is 21.4 Å². The quantitative estimate of drug-likeness (QED) is 0.858. The molecule has 0 radical (unpaired) electrons. The number of hydrogen-bond acceptors (Lipinski definition) is 3. The molecule has 0 heterocycles. The predicted molar refractivity (Wildman–Crippen MR) is 74.6 cm³/mol. The molecule has 0 bridgehead atoms. The van der Waals surface area contributed by atoms with E-state index >= 15 is 0 Å². The van der Waals surface area contributed by atoms with Crippen molar-refractivity contribution in [1.29, 1.82) is 0 Å². The van der Waals surface area contributed by atoms with Gasteiger partial charge in [-0.1, -0.05) is 23.8 Å². The Morgan fingerprint density at radius 2 is 2.00 bits per heavy atom. The summed E-state index contributed by atoms with van der Waals surface area (Å²) < 4.78 is 22.6. The van der Waals surface area contributed by atoms with Crippen molar-refractivity contribution in [1.82, 2.24) is 4.90 Å². The normalized spacial score (nSPS) is 11.2. The Morgan fingerprint density at radius 1 is 1.42 bits per heavy atom. The maximum absolute atomic E-state index is 12.1. The molecule has 0 aliphatic heterocycles. The van der Waals surface area contributed by atoms with Crippen molar-refractivity contribution in [2.45, 2.75) is 11.8 Å². The number of nitrogens with two attached hydrogens (primary N) is 1. The molecule has 0 aliphatic rings. The Morgan fingerprint density at radius 3 is 2.47 bits per heavy atom. The minimum absolute atomic E-state index is 0.138. The average molecular weight is 303 g/mol. The van der Waals surface area contributed by atoms with Crippen molar-refractivity contribution in [3.8, 4) is 0 Å². The summed E-state index contributed by atoms with van der Waals surface area (Å²) in [4.78, 5) is 13.3. The van der Waals surface area contributed by atoms with Crippen molar-refractivity contribution < 1.29 is 13.2 Å². The van der Waals surface area contributed by atoms with E-state index in [1.54, 1.807) is 14.0 Å². The number of carbonyl (C=O) groups is 1. The summed E-state index contributed by atoms with van der Waals surface area (Å²) >= 11 is 5.80. The molecule has 104 valence electrons. The van der Waals surface area contributed by atoms with E-state index in [0.29, 0.717) is 6.54 Å². The van der Waals surface area contributed by atoms with Gasteiger partial charge in [0.05, 0.1) is 4.90 Å². The number of halogens is 1. The average Bonchev–Trinajstić information content (AvgIpc) is 2.25. The molecule has 19 heavy (non-hydrogen) atoms. The molecule has 0 saturated carbocycles. The lowest BCUT2D eigenvalue weighted by molar-refractivity contribution is 0.0806. The Labute approximate surface area is 117 Å². The zero-order valence-corrected chi connectivity index (χ0v) is 12.3. The van der Waals surface area contributed by atoms with E-state index < -0.39 is 10.0 Å². The maximum atomic E-state index is 12.1. The lowest BCUT2D eigenvalue weighted by Crippen LogP contribution is -2.28. The van der Waals surface area contributed by atoms with Crippen LogP contribution < -0.4 is 5.14 Å². The molecule has 0 atom stereocenters. The van der Waals surface area contributed by atoms with Gasteiger partial charge < -0.3 is 4.90 Å². The van der Waals surface area contributed by atoms with Crippen LogP contribution in [0.2, 0.25) is 5.02 Å². The Hall–Kier alpha value is -1.37. The third-order valence-corrected chi connectivity index (χ3v) is 3.41. The summed E-state index contributed by atoms with van der Waals surface area (Å²) in [5, 5.41) is 5.16. The number of sulfonamides is 1. The number of rotatable bonds is 4. The van der Waals surface area contributed by atoms with Crippen molar-refractivity contribution in [2.75, 3.05) is 13.6 Å². The highest BCUT2D eigenvalue weighted by molar-refractivity contribution is 7.89. The van der Waals surface area contributed by atoms with Crippen LogP contribution in [0.4, 0.5) is 0 Å². The summed E-state index contributed by atoms with van der Waals surface area (Å²) in [6.07, 6.45) is 0. The summed E-state index contributed by atoms with van der Waals surface area (Å²) in [7, 11) is -2.31. The number of hydrogen-bond donors (Lipinski definition) is 1. The van der Waals surface area contributed by atoms with Gasteiger partial charge in [0, 0.05) is 24.2 Å². The van der Waals surface area contributed by atoms with Crippen molar-refractivity contribution in [2.24, 2.45) is 5.14 Å². The summed E-state index contributed by atoms with van der Waals surface area (Å²) in [5.74, 6) is -0.351. The third-order valence-electron chi connectivity index (χ3n) is 2.30. The second-order valence-electron chi connectivity index (χ2n) is 4.34. The van der Waals surface area contributed by atoms with Gasteiger partial charge in [0.25, 0.3) is 5.91 Å². The minimum Gasteiger partial charge on any atom is -0.338 e. The lowest BCUT2D eigenvalue weighted by Gasteiger charge is -2.17. The first-order valence-corrected chi connectivity index (χ1v) is 7.27. The van der Waals surface area contributed by atoms with Crippen molar-refractivity contribution in [3.63, 3.8) is 0 Å². The van der Waals surface area contributed by atoms with E-state index in [4.69, 9.17) is 16.7 Å².